The van der Waals surface area contributed by atoms with Crippen LogP contribution in [0.3, 0.4) is 0 Å². The summed E-state index contributed by atoms with van der Waals surface area (Å²) < 4.78 is 18.2. The molecule has 24 heavy (non-hydrogen) atoms. The van der Waals surface area contributed by atoms with E-state index < -0.39 is 15.3 Å². The van der Waals surface area contributed by atoms with Gasteiger partial charge in [-0.25, -0.2) is 4.21 Å². The summed E-state index contributed by atoms with van der Waals surface area (Å²) in [4.78, 5) is 15.9. The van der Waals surface area contributed by atoms with Crippen LogP contribution in [0.1, 0.15) is 12.8 Å². The van der Waals surface area contributed by atoms with Crippen molar-refractivity contribution < 1.29 is 9.00 Å². The maximum Gasteiger partial charge on any atom is 0.274 e. The van der Waals surface area contributed by atoms with E-state index in [2.05, 4.69) is 9.68 Å². The standard InChI is InChI=1S/C18H19N3O2S/c1-21(2)18(11-12-18)17(22)20-24(23)15-9-5-3-7-13(15)19-14-8-4-6-10-16(14)24/h3-10,19H,11-12H2,1-2H3. The fourth-order valence-corrected chi connectivity index (χ4v) is 5.35. The molecule has 1 heterocycles. The van der Waals surface area contributed by atoms with Crippen LogP contribution in [-0.4, -0.2) is 34.7 Å². The molecule has 1 saturated carbocycles. The lowest BCUT2D eigenvalue weighted by Gasteiger charge is -2.25. The molecule has 6 heteroatoms. The number of rotatable bonds is 2. The maximum absolute atomic E-state index is 13.9. The number of likely N-dealkylation sites (N-methyl/N-ethyl adjacent to an activating group) is 1. The monoisotopic (exact) mass is 341 g/mol. The maximum atomic E-state index is 13.9. The quantitative estimate of drug-likeness (QED) is 0.777. The molecular weight excluding hydrogens is 322 g/mol. The first-order valence-corrected chi connectivity index (χ1v) is 9.43. The van der Waals surface area contributed by atoms with Crippen molar-refractivity contribution in [3.8, 4) is 0 Å². The first kappa shape index (κ1) is 15.4. The Balaban J connectivity index is 1.95. The molecule has 0 aromatic heterocycles. The van der Waals surface area contributed by atoms with E-state index in [1.807, 2.05) is 55.4 Å². The zero-order valence-corrected chi connectivity index (χ0v) is 14.5. The summed E-state index contributed by atoms with van der Waals surface area (Å²) >= 11 is 0. The van der Waals surface area contributed by atoms with Crippen LogP contribution >= 0.6 is 0 Å². The lowest BCUT2D eigenvalue weighted by atomic mass is 10.2. The molecule has 0 atom stereocenters. The first-order valence-electron chi connectivity index (χ1n) is 7.92. The molecule has 1 amide bonds. The number of anilines is 2. The van der Waals surface area contributed by atoms with Crippen molar-refractivity contribution in [2.75, 3.05) is 19.4 Å². The molecular formula is C18H19N3O2S. The lowest BCUT2D eigenvalue weighted by Crippen LogP contribution is -2.37. The van der Waals surface area contributed by atoms with Crippen LogP contribution < -0.4 is 5.32 Å². The summed E-state index contributed by atoms with van der Waals surface area (Å²) in [6.45, 7) is 0. The van der Waals surface area contributed by atoms with Gasteiger partial charge in [0.2, 0.25) is 0 Å². The number of carbonyl (C=O) groups is 1. The van der Waals surface area contributed by atoms with Crippen LogP contribution in [0.25, 0.3) is 0 Å². The highest BCUT2D eigenvalue weighted by atomic mass is 32.2. The van der Waals surface area contributed by atoms with Gasteiger partial charge in [0.25, 0.3) is 5.91 Å². The van der Waals surface area contributed by atoms with E-state index in [1.54, 1.807) is 12.1 Å². The Morgan fingerprint density at radius 3 is 2.00 bits per heavy atom. The average Bonchev–Trinajstić information content (AvgIpc) is 3.37. The van der Waals surface area contributed by atoms with E-state index >= 15 is 0 Å². The number of hydrogen-bond donors (Lipinski definition) is 1. The van der Waals surface area contributed by atoms with Crippen molar-refractivity contribution in [2.45, 2.75) is 28.2 Å². The van der Waals surface area contributed by atoms with E-state index in [1.165, 1.54) is 0 Å². The highest BCUT2D eigenvalue weighted by Gasteiger charge is 2.52. The SMILES string of the molecule is CN(C)C1(C(=O)N=S2(=O)c3ccccc3Nc3ccccc32)CC1. The third-order valence-corrected chi connectivity index (χ3v) is 7.16. The second kappa shape index (κ2) is 5.16. The fourth-order valence-electron chi connectivity index (χ4n) is 3.16. The van der Waals surface area contributed by atoms with Crippen molar-refractivity contribution in [1.82, 2.24) is 4.90 Å². The number of nitrogens with zero attached hydrogens (tertiary/aromatic N) is 2. The Morgan fingerprint density at radius 2 is 1.54 bits per heavy atom. The van der Waals surface area contributed by atoms with Crippen molar-refractivity contribution in [3.05, 3.63) is 48.5 Å². The summed E-state index contributed by atoms with van der Waals surface area (Å²) in [6.07, 6.45) is 1.53. The van der Waals surface area contributed by atoms with Gasteiger partial charge in [0, 0.05) is 0 Å². The predicted octanol–water partition coefficient (Wildman–Crippen LogP) is 3.25. The molecule has 5 nitrogen and oxygen atoms in total. The van der Waals surface area contributed by atoms with Crippen LogP contribution in [0.5, 0.6) is 0 Å². The van der Waals surface area contributed by atoms with Gasteiger partial charge < -0.3 is 5.32 Å². The van der Waals surface area contributed by atoms with Crippen LogP contribution in [0, 0.1) is 0 Å². The third kappa shape index (κ3) is 2.10. The van der Waals surface area contributed by atoms with Crippen LogP contribution in [-0.2, 0) is 14.5 Å². The van der Waals surface area contributed by atoms with Gasteiger partial charge in [-0.2, -0.15) is 4.36 Å². The highest BCUT2D eigenvalue weighted by molar-refractivity contribution is 7.94. The molecule has 0 spiro atoms. The summed E-state index contributed by atoms with van der Waals surface area (Å²) in [5.41, 5.74) is 0.902. The smallest absolute Gasteiger partial charge is 0.274 e. The van der Waals surface area contributed by atoms with Gasteiger partial charge in [-0.05, 0) is 51.2 Å². The Morgan fingerprint density at radius 1 is 1.04 bits per heavy atom. The van der Waals surface area contributed by atoms with E-state index in [0.29, 0.717) is 9.79 Å². The lowest BCUT2D eigenvalue weighted by molar-refractivity contribution is -0.123. The van der Waals surface area contributed by atoms with E-state index in [9.17, 15) is 9.00 Å². The molecule has 1 aliphatic carbocycles. The number of hydrogen-bond acceptors (Lipinski definition) is 4. The molecule has 4 rings (SSSR count). The van der Waals surface area contributed by atoms with E-state index in [0.717, 1.165) is 24.2 Å². The minimum Gasteiger partial charge on any atom is -0.353 e. The van der Waals surface area contributed by atoms with Crippen LogP contribution in [0.4, 0.5) is 11.4 Å². The van der Waals surface area contributed by atoms with Gasteiger partial charge in [-0.1, -0.05) is 24.3 Å². The minimum absolute atomic E-state index is 0.288. The molecule has 1 fully saturated rings. The molecule has 1 N–H and O–H groups in total. The summed E-state index contributed by atoms with van der Waals surface area (Å²) in [5.74, 6) is -0.288. The number of amides is 1. The van der Waals surface area contributed by atoms with Gasteiger partial charge in [-0.15, -0.1) is 0 Å². The number of para-hydroxylation sites is 2. The topological polar surface area (TPSA) is 61.8 Å². The highest BCUT2D eigenvalue weighted by Crippen LogP contribution is 2.44. The molecule has 2 aliphatic rings. The summed E-state index contributed by atoms with van der Waals surface area (Å²) in [5, 5.41) is 3.29. The number of fused-ring (bicyclic) bond motifs is 2. The first-order chi connectivity index (χ1) is 11.5. The van der Waals surface area contributed by atoms with Gasteiger partial charge in [0.1, 0.15) is 15.3 Å². The van der Waals surface area contributed by atoms with Crippen molar-refractivity contribution >= 4 is 27.0 Å². The number of benzene rings is 2. The second-order valence-electron chi connectivity index (χ2n) is 6.47. The zero-order valence-electron chi connectivity index (χ0n) is 13.7. The number of carbonyl (C=O) groups excluding carboxylic acids is 1. The molecule has 124 valence electrons. The molecule has 1 aliphatic heterocycles. The Bertz CT molecular complexity index is 903. The van der Waals surface area contributed by atoms with Crippen molar-refractivity contribution in [1.29, 1.82) is 0 Å². The second-order valence-corrected chi connectivity index (χ2v) is 8.58. The predicted molar refractivity (Wildman–Crippen MR) is 93.9 cm³/mol. The van der Waals surface area contributed by atoms with Crippen molar-refractivity contribution in [3.63, 3.8) is 0 Å². The summed E-state index contributed by atoms with van der Waals surface area (Å²) in [7, 11) is 0.747. The normalized spacial score (nSPS) is 19.0. The Labute approximate surface area is 141 Å². The molecule has 0 unspecified atom stereocenters. The van der Waals surface area contributed by atoms with Crippen LogP contribution in [0.2, 0.25) is 0 Å². The zero-order chi connectivity index (χ0) is 16.9. The summed E-state index contributed by atoms with van der Waals surface area (Å²) in [6, 6.07) is 14.7. The van der Waals surface area contributed by atoms with Crippen LogP contribution in [0.15, 0.2) is 62.7 Å². The average molecular weight is 341 g/mol. The van der Waals surface area contributed by atoms with Gasteiger partial charge >= 0.3 is 0 Å². The molecule has 0 bridgehead atoms. The third-order valence-electron chi connectivity index (χ3n) is 4.83. The van der Waals surface area contributed by atoms with Gasteiger partial charge in [0.15, 0.2) is 0 Å². The fraction of sp³-hybridized carbons (Fsp3) is 0.278. The minimum atomic E-state index is -3.00. The molecule has 2 aromatic carbocycles. The van der Waals surface area contributed by atoms with Gasteiger partial charge in [-0.3, -0.25) is 9.69 Å². The largest absolute Gasteiger partial charge is 0.353 e. The Kier molecular flexibility index (Phi) is 3.30. The van der Waals surface area contributed by atoms with Gasteiger partial charge in [0.05, 0.1) is 21.2 Å². The molecule has 0 saturated heterocycles. The Hall–Kier alpha value is -2.18. The van der Waals surface area contributed by atoms with Crippen molar-refractivity contribution in [2.24, 2.45) is 4.36 Å². The molecule has 0 radical (unpaired) electrons. The van der Waals surface area contributed by atoms with E-state index in [-0.39, 0.29) is 5.91 Å². The van der Waals surface area contributed by atoms with E-state index in [4.69, 9.17) is 0 Å². The number of nitrogens with one attached hydrogen (secondary N) is 1. The molecule has 2 aromatic rings.